The standard InChI is InChI=1S/C13H11F5N2O/c1-20-5-4-19-7(20)3-2-6(21)8-9(14)11(16)13(18)12(17)10(8)15/h4-6,21H,2-3H2,1H3. The highest BCUT2D eigenvalue weighted by Gasteiger charge is 2.29. The van der Waals surface area contributed by atoms with E-state index in [0.717, 1.165) is 0 Å². The molecule has 21 heavy (non-hydrogen) atoms. The van der Waals surface area contributed by atoms with Crippen LogP contribution in [0.5, 0.6) is 0 Å². The maximum Gasteiger partial charge on any atom is 0.200 e. The van der Waals surface area contributed by atoms with Crippen molar-refractivity contribution in [1.29, 1.82) is 0 Å². The highest BCUT2D eigenvalue weighted by molar-refractivity contribution is 5.26. The molecule has 1 aromatic heterocycles. The average molecular weight is 306 g/mol. The molecule has 1 atom stereocenters. The predicted octanol–water partition coefficient (Wildman–Crippen LogP) is 2.78. The predicted molar refractivity (Wildman–Crippen MR) is 62.7 cm³/mol. The first kappa shape index (κ1) is 15.4. The second kappa shape index (κ2) is 5.80. The van der Waals surface area contributed by atoms with Crippen molar-refractivity contribution in [1.82, 2.24) is 9.55 Å². The third-order valence-electron chi connectivity index (χ3n) is 3.14. The minimum absolute atomic E-state index is 0.115. The molecule has 0 radical (unpaired) electrons. The Balaban J connectivity index is 2.27. The van der Waals surface area contributed by atoms with Crippen molar-refractivity contribution in [3.8, 4) is 0 Å². The lowest BCUT2D eigenvalue weighted by molar-refractivity contribution is 0.153. The number of aryl methyl sites for hydroxylation is 2. The summed E-state index contributed by atoms with van der Waals surface area (Å²) in [7, 11) is 1.67. The van der Waals surface area contributed by atoms with Gasteiger partial charge in [-0.2, -0.15) is 0 Å². The summed E-state index contributed by atoms with van der Waals surface area (Å²) < 4.78 is 67.6. The maximum atomic E-state index is 13.5. The minimum Gasteiger partial charge on any atom is -0.388 e. The Bertz CT molecular complexity index is 642. The summed E-state index contributed by atoms with van der Waals surface area (Å²) in [6.07, 6.45) is 1.17. The number of halogens is 5. The molecule has 1 unspecified atom stereocenters. The Morgan fingerprint density at radius 3 is 2.05 bits per heavy atom. The van der Waals surface area contributed by atoms with Crippen molar-refractivity contribution in [2.75, 3.05) is 0 Å². The van der Waals surface area contributed by atoms with Gasteiger partial charge >= 0.3 is 0 Å². The summed E-state index contributed by atoms with van der Waals surface area (Å²) in [5.41, 5.74) is -1.22. The van der Waals surface area contributed by atoms with Crippen molar-refractivity contribution in [2.45, 2.75) is 18.9 Å². The zero-order valence-electron chi connectivity index (χ0n) is 10.9. The van der Waals surface area contributed by atoms with Crippen LogP contribution in [-0.4, -0.2) is 14.7 Å². The van der Waals surface area contributed by atoms with E-state index in [1.165, 1.54) is 6.20 Å². The Hall–Kier alpha value is -1.96. The van der Waals surface area contributed by atoms with E-state index < -0.39 is 40.8 Å². The quantitative estimate of drug-likeness (QED) is 0.536. The molecular weight excluding hydrogens is 295 g/mol. The van der Waals surface area contributed by atoms with Crippen LogP contribution >= 0.6 is 0 Å². The molecule has 0 saturated heterocycles. The van der Waals surface area contributed by atoms with Gasteiger partial charge in [0.1, 0.15) is 5.82 Å². The van der Waals surface area contributed by atoms with Crippen LogP contribution in [-0.2, 0) is 13.5 Å². The number of hydrogen-bond donors (Lipinski definition) is 1. The van der Waals surface area contributed by atoms with Gasteiger partial charge in [-0.25, -0.2) is 26.9 Å². The number of hydrogen-bond acceptors (Lipinski definition) is 2. The molecule has 0 aliphatic rings. The molecule has 0 bridgehead atoms. The van der Waals surface area contributed by atoms with Gasteiger partial charge in [0.2, 0.25) is 5.82 Å². The number of benzene rings is 1. The van der Waals surface area contributed by atoms with Crippen LogP contribution in [0.15, 0.2) is 12.4 Å². The lowest BCUT2D eigenvalue weighted by atomic mass is 10.0. The van der Waals surface area contributed by atoms with E-state index in [4.69, 9.17) is 0 Å². The fourth-order valence-electron chi connectivity index (χ4n) is 1.96. The van der Waals surface area contributed by atoms with E-state index in [0.29, 0.717) is 5.82 Å². The van der Waals surface area contributed by atoms with E-state index in [9.17, 15) is 27.1 Å². The zero-order chi connectivity index (χ0) is 15.7. The van der Waals surface area contributed by atoms with Gasteiger partial charge in [0.25, 0.3) is 0 Å². The van der Waals surface area contributed by atoms with Crippen LogP contribution < -0.4 is 0 Å². The van der Waals surface area contributed by atoms with Crippen molar-refractivity contribution in [3.05, 3.63) is 52.9 Å². The third kappa shape index (κ3) is 2.76. The molecule has 0 amide bonds. The smallest absolute Gasteiger partial charge is 0.200 e. The van der Waals surface area contributed by atoms with Gasteiger partial charge in [0, 0.05) is 25.9 Å². The van der Waals surface area contributed by atoms with Gasteiger partial charge in [0.05, 0.1) is 11.7 Å². The van der Waals surface area contributed by atoms with Crippen LogP contribution in [0.2, 0.25) is 0 Å². The normalized spacial score (nSPS) is 12.7. The Morgan fingerprint density at radius 2 is 1.57 bits per heavy atom. The SMILES string of the molecule is Cn1ccnc1CCC(O)c1c(F)c(F)c(F)c(F)c1F. The second-order valence-electron chi connectivity index (χ2n) is 4.49. The van der Waals surface area contributed by atoms with Crippen molar-refractivity contribution < 1.29 is 27.1 Å². The minimum atomic E-state index is -2.25. The molecule has 1 N–H and O–H groups in total. The van der Waals surface area contributed by atoms with E-state index in [1.54, 1.807) is 17.8 Å². The molecule has 8 heteroatoms. The summed E-state index contributed by atoms with van der Waals surface area (Å²) in [6.45, 7) is 0. The zero-order valence-corrected chi connectivity index (χ0v) is 10.9. The molecule has 0 spiro atoms. The molecule has 1 heterocycles. The fourth-order valence-corrected chi connectivity index (χ4v) is 1.96. The average Bonchev–Trinajstić information content (AvgIpc) is 2.86. The maximum absolute atomic E-state index is 13.5. The van der Waals surface area contributed by atoms with Crippen LogP contribution in [0.3, 0.4) is 0 Å². The van der Waals surface area contributed by atoms with Crippen molar-refractivity contribution in [3.63, 3.8) is 0 Å². The molecule has 114 valence electrons. The number of rotatable bonds is 4. The van der Waals surface area contributed by atoms with Gasteiger partial charge in [-0.3, -0.25) is 0 Å². The molecule has 0 saturated carbocycles. The lowest BCUT2D eigenvalue weighted by Crippen LogP contribution is -2.12. The van der Waals surface area contributed by atoms with Gasteiger partial charge in [0.15, 0.2) is 23.3 Å². The largest absolute Gasteiger partial charge is 0.388 e. The highest BCUT2D eigenvalue weighted by atomic mass is 19.2. The highest BCUT2D eigenvalue weighted by Crippen LogP contribution is 2.29. The molecule has 1 aromatic carbocycles. The summed E-state index contributed by atoms with van der Waals surface area (Å²) >= 11 is 0. The van der Waals surface area contributed by atoms with Crippen LogP contribution in [0.25, 0.3) is 0 Å². The van der Waals surface area contributed by atoms with Crippen LogP contribution in [0.1, 0.15) is 23.9 Å². The summed E-state index contributed by atoms with van der Waals surface area (Å²) in [6, 6.07) is 0. The summed E-state index contributed by atoms with van der Waals surface area (Å²) in [5.74, 6) is -9.90. The monoisotopic (exact) mass is 306 g/mol. The Labute approximate surface area is 116 Å². The Kier molecular flexibility index (Phi) is 4.26. The molecule has 2 rings (SSSR count). The van der Waals surface area contributed by atoms with Gasteiger partial charge in [-0.1, -0.05) is 0 Å². The van der Waals surface area contributed by atoms with Crippen molar-refractivity contribution >= 4 is 0 Å². The summed E-state index contributed by atoms with van der Waals surface area (Å²) in [4.78, 5) is 3.93. The van der Waals surface area contributed by atoms with Gasteiger partial charge in [-0.05, 0) is 6.42 Å². The summed E-state index contributed by atoms with van der Waals surface area (Å²) in [5, 5.41) is 9.74. The third-order valence-corrected chi connectivity index (χ3v) is 3.14. The van der Waals surface area contributed by atoms with Crippen molar-refractivity contribution in [2.24, 2.45) is 7.05 Å². The van der Waals surface area contributed by atoms with E-state index >= 15 is 0 Å². The Morgan fingerprint density at radius 1 is 1.05 bits per heavy atom. The first-order chi connectivity index (χ1) is 9.84. The fraction of sp³-hybridized carbons (Fsp3) is 0.308. The molecule has 0 aliphatic heterocycles. The molecule has 3 nitrogen and oxygen atoms in total. The van der Waals surface area contributed by atoms with E-state index in [-0.39, 0.29) is 12.8 Å². The molecule has 0 aliphatic carbocycles. The number of aromatic nitrogens is 2. The molecular formula is C13H11F5N2O. The number of aliphatic hydroxyl groups excluding tert-OH is 1. The number of aliphatic hydroxyl groups is 1. The van der Waals surface area contributed by atoms with E-state index in [2.05, 4.69) is 4.98 Å². The first-order valence-corrected chi connectivity index (χ1v) is 6.00. The van der Waals surface area contributed by atoms with E-state index in [1.807, 2.05) is 0 Å². The number of imidazole rings is 1. The molecule has 2 aromatic rings. The first-order valence-electron chi connectivity index (χ1n) is 6.00. The van der Waals surface area contributed by atoms with Crippen LogP contribution in [0.4, 0.5) is 22.0 Å². The second-order valence-corrected chi connectivity index (χ2v) is 4.49. The van der Waals surface area contributed by atoms with Crippen LogP contribution in [0, 0.1) is 29.1 Å². The van der Waals surface area contributed by atoms with Gasteiger partial charge < -0.3 is 9.67 Å². The topological polar surface area (TPSA) is 38.0 Å². The van der Waals surface area contributed by atoms with Gasteiger partial charge in [-0.15, -0.1) is 0 Å². The molecule has 0 fully saturated rings. The number of nitrogens with zero attached hydrogens (tertiary/aromatic N) is 2. The lowest BCUT2D eigenvalue weighted by Gasteiger charge is -2.14.